The maximum Gasteiger partial charge on any atom is 0.190 e. The minimum atomic E-state index is -3.05. The molecule has 1 rings (SSSR count). The molecule has 0 bridgehead atoms. The SMILES string of the molecule is Cc1ccsc1S(=O)(=O)C(C)C. The van der Waals surface area contributed by atoms with E-state index < -0.39 is 9.84 Å². The highest BCUT2D eigenvalue weighted by atomic mass is 32.2. The summed E-state index contributed by atoms with van der Waals surface area (Å²) in [5.41, 5.74) is 0.855. The first kappa shape index (κ1) is 9.74. The fourth-order valence-corrected chi connectivity index (χ4v) is 3.74. The Morgan fingerprint density at radius 1 is 1.42 bits per heavy atom. The van der Waals surface area contributed by atoms with Crippen molar-refractivity contribution in [3.05, 3.63) is 17.0 Å². The van der Waals surface area contributed by atoms with Gasteiger partial charge in [0.15, 0.2) is 9.84 Å². The molecule has 2 nitrogen and oxygen atoms in total. The van der Waals surface area contributed by atoms with E-state index >= 15 is 0 Å². The molecular weight excluding hydrogens is 192 g/mol. The van der Waals surface area contributed by atoms with E-state index in [-0.39, 0.29) is 5.25 Å². The molecule has 0 spiro atoms. The van der Waals surface area contributed by atoms with Gasteiger partial charge in [0.2, 0.25) is 0 Å². The largest absolute Gasteiger partial charge is 0.223 e. The van der Waals surface area contributed by atoms with Crippen LogP contribution in [-0.2, 0) is 9.84 Å². The molecule has 0 saturated heterocycles. The predicted octanol–water partition coefficient (Wildman–Crippen LogP) is 2.24. The van der Waals surface area contributed by atoms with E-state index in [1.54, 1.807) is 13.8 Å². The lowest BCUT2D eigenvalue weighted by Crippen LogP contribution is -2.13. The number of thiophene rings is 1. The third kappa shape index (κ3) is 1.54. The van der Waals surface area contributed by atoms with Crippen molar-refractivity contribution in [1.82, 2.24) is 0 Å². The molecule has 68 valence electrons. The number of rotatable bonds is 2. The third-order valence-corrected chi connectivity index (χ3v) is 5.57. The lowest BCUT2D eigenvalue weighted by atomic mass is 10.4. The summed E-state index contributed by atoms with van der Waals surface area (Å²) >= 11 is 1.30. The minimum Gasteiger partial charge on any atom is -0.223 e. The molecule has 0 radical (unpaired) electrons. The van der Waals surface area contributed by atoms with Crippen LogP contribution in [0, 0.1) is 6.92 Å². The standard InChI is InChI=1S/C8H12O2S2/c1-6(2)12(9,10)8-7(3)4-5-11-8/h4-6H,1-3H3. The van der Waals surface area contributed by atoms with Crippen LogP contribution in [-0.4, -0.2) is 13.7 Å². The van der Waals surface area contributed by atoms with Crippen LogP contribution in [0.4, 0.5) is 0 Å². The molecule has 0 atom stereocenters. The molecule has 0 unspecified atom stereocenters. The summed E-state index contributed by atoms with van der Waals surface area (Å²) < 4.78 is 23.8. The van der Waals surface area contributed by atoms with Crippen molar-refractivity contribution in [2.24, 2.45) is 0 Å². The van der Waals surface area contributed by atoms with Gasteiger partial charge in [-0.25, -0.2) is 8.42 Å². The van der Waals surface area contributed by atoms with Gasteiger partial charge < -0.3 is 0 Å². The Bertz CT molecular complexity index is 360. The fourth-order valence-electron chi connectivity index (χ4n) is 0.864. The zero-order valence-corrected chi connectivity index (χ0v) is 9.00. The van der Waals surface area contributed by atoms with Crippen LogP contribution in [0.25, 0.3) is 0 Å². The van der Waals surface area contributed by atoms with Crippen molar-refractivity contribution >= 4 is 21.2 Å². The van der Waals surface area contributed by atoms with Gasteiger partial charge in [-0.2, -0.15) is 0 Å². The molecule has 0 amide bonds. The Hall–Kier alpha value is -0.350. The van der Waals surface area contributed by atoms with Crippen LogP contribution in [0.1, 0.15) is 19.4 Å². The third-order valence-electron chi connectivity index (χ3n) is 1.69. The Morgan fingerprint density at radius 2 is 2.00 bits per heavy atom. The molecule has 12 heavy (non-hydrogen) atoms. The van der Waals surface area contributed by atoms with Crippen molar-refractivity contribution in [2.75, 3.05) is 0 Å². The Labute approximate surface area is 77.2 Å². The van der Waals surface area contributed by atoms with Crippen LogP contribution in [0.3, 0.4) is 0 Å². The highest BCUT2D eigenvalue weighted by molar-refractivity contribution is 7.94. The lowest BCUT2D eigenvalue weighted by molar-refractivity contribution is 0.589. The van der Waals surface area contributed by atoms with Crippen molar-refractivity contribution in [1.29, 1.82) is 0 Å². The second-order valence-electron chi connectivity index (χ2n) is 2.98. The Morgan fingerprint density at radius 3 is 2.33 bits per heavy atom. The molecule has 0 fully saturated rings. The molecule has 4 heteroatoms. The van der Waals surface area contributed by atoms with E-state index in [0.29, 0.717) is 4.21 Å². The number of hydrogen-bond donors (Lipinski definition) is 0. The van der Waals surface area contributed by atoms with Crippen molar-refractivity contribution in [3.8, 4) is 0 Å². The van der Waals surface area contributed by atoms with Crippen LogP contribution in [0.2, 0.25) is 0 Å². The van der Waals surface area contributed by atoms with E-state index in [2.05, 4.69) is 0 Å². The summed E-state index contributed by atoms with van der Waals surface area (Å²) in [6, 6.07) is 1.83. The second-order valence-corrected chi connectivity index (χ2v) is 6.60. The van der Waals surface area contributed by atoms with Crippen LogP contribution in [0.5, 0.6) is 0 Å². The first-order chi connectivity index (χ1) is 5.46. The lowest BCUT2D eigenvalue weighted by Gasteiger charge is -2.05. The summed E-state index contributed by atoms with van der Waals surface area (Å²) in [6.07, 6.45) is 0. The zero-order chi connectivity index (χ0) is 9.35. The normalized spacial score (nSPS) is 12.3. The topological polar surface area (TPSA) is 34.1 Å². The molecule has 1 heterocycles. The molecule has 0 aromatic carbocycles. The van der Waals surface area contributed by atoms with Gasteiger partial charge in [-0.15, -0.1) is 11.3 Å². The summed E-state index contributed by atoms with van der Waals surface area (Å²) in [5, 5.41) is 1.49. The Kier molecular flexibility index (Phi) is 2.58. The first-order valence-corrected chi connectivity index (χ1v) is 6.17. The quantitative estimate of drug-likeness (QED) is 0.740. The molecule has 1 aromatic heterocycles. The zero-order valence-electron chi connectivity index (χ0n) is 7.37. The molecule has 0 aliphatic carbocycles. The van der Waals surface area contributed by atoms with Gasteiger partial charge in [-0.1, -0.05) is 0 Å². The summed E-state index contributed by atoms with van der Waals surface area (Å²) in [5.74, 6) is 0. The van der Waals surface area contributed by atoms with Crippen LogP contribution < -0.4 is 0 Å². The molecular formula is C8H12O2S2. The van der Waals surface area contributed by atoms with E-state index in [1.807, 2.05) is 18.4 Å². The van der Waals surface area contributed by atoms with Gasteiger partial charge in [0.25, 0.3) is 0 Å². The van der Waals surface area contributed by atoms with Gasteiger partial charge in [-0.05, 0) is 37.8 Å². The van der Waals surface area contributed by atoms with Crippen molar-refractivity contribution in [2.45, 2.75) is 30.2 Å². The van der Waals surface area contributed by atoms with E-state index in [9.17, 15) is 8.42 Å². The highest BCUT2D eigenvalue weighted by Crippen LogP contribution is 2.25. The first-order valence-electron chi connectivity index (χ1n) is 3.74. The maximum atomic E-state index is 11.6. The fraction of sp³-hybridized carbons (Fsp3) is 0.500. The summed E-state index contributed by atoms with van der Waals surface area (Å²) in [4.78, 5) is 0. The molecule has 0 aliphatic rings. The van der Waals surface area contributed by atoms with Crippen molar-refractivity contribution < 1.29 is 8.42 Å². The van der Waals surface area contributed by atoms with Gasteiger partial charge in [0.05, 0.1) is 5.25 Å². The highest BCUT2D eigenvalue weighted by Gasteiger charge is 2.21. The number of sulfone groups is 1. The average molecular weight is 204 g/mol. The second kappa shape index (κ2) is 3.18. The minimum absolute atomic E-state index is 0.324. The monoisotopic (exact) mass is 204 g/mol. The van der Waals surface area contributed by atoms with Gasteiger partial charge in [-0.3, -0.25) is 0 Å². The van der Waals surface area contributed by atoms with Gasteiger partial charge in [0.1, 0.15) is 4.21 Å². The van der Waals surface area contributed by atoms with E-state index in [0.717, 1.165) is 5.56 Å². The molecule has 0 N–H and O–H groups in total. The van der Waals surface area contributed by atoms with Crippen LogP contribution >= 0.6 is 11.3 Å². The number of hydrogen-bond acceptors (Lipinski definition) is 3. The summed E-state index contributed by atoms with van der Waals surface area (Å²) in [6.45, 7) is 5.23. The van der Waals surface area contributed by atoms with Gasteiger partial charge in [0, 0.05) is 0 Å². The van der Waals surface area contributed by atoms with E-state index in [1.165, 1.54) is 11.3 Å². The molecule has 1 aromatic rings. The maximum absolute atomic E-state index is 11.6. The van der Waals surface area contributed by atoms with Gasteiger partial charge >= 0.3 is 0 Å². The van der Waals surface area contributed by atoms with Crippen LogP contribution in [0.15, 0.2) is 15.7 Å². The Balaban J connectivity index is 3.24. The van der Waals surface area contributed by atoms with E-state index in [4.69, 9.17) is 0 Å². The predicted molar refractivity (Wildman–Crippen MR) is 51.4 cm³/mol. The molecule has 0 saturated carbocycles. The smallest absolute Gasteiger partial charge is 0.190 e. The number of aryl methyl sites for hydroxylation is 1. The average Bonchev–Trinajstić information content (AvgIpc) is 2.35. The molecule has 0 aliphatic heterocycles. The summed E-state index contributed by atoms with van der Waals surface area (Å²) in [7, 11) is -3.05. The van der Waals surface area contributed by atoms with Crippen molar-refractivity contribution in [3.63, 3.8) is 0 Å².